The van der Waals surface area contributed by atoms with Crippen molar-refractivity contribution in [2.75, 3.05) is 19.4 Å². The lowest BCUT2D eigenvalue weighted by molar-refractivity contribution is -0.139. The number of thioether (sulfide) groups is 1. The molecular formula is C27H30N2O3S. The van der Waals surface area contributed by atoms with Gasteiger partial charge in [-0.2, -0.15) is 0 Å². The summed E-state index contributed by atoms with van der Waals surface area (Å²) in [6.07, 6.45) is 0.443. The molecule has 0 heterocycles. The lowest BCUT2D eigenvalue weighted by atomic mass is 10.0. The van der Waals surface area contributed by atoms with Crippen LogP contribution in [-0.2, 0) is 22.6 Å². The Morgan fingerprint density at radius 3 is 2.27 bits per heavy atom. The van der Waals surface area contributed by atoms with Crippen LogP contribution in [0, 0.1) is 0 Å². The third-order valence-corrected chi connectivity index (χ3v) is 6.21. The maximum atomic E-state index is 13.5. The Balaban J connectivity index is 1.89. The van der Waals surface area contributed by atoms with Gasteiger partial charge in [-0.1, -0.05) is 60.7 Å². The molecule has 0 aliphatic rings. The average Bonchev–Trinajstić information content (AvgIpc) is 2.86. The Labute approximate surface area is 200 Å². The molecule has 0 saturated heterocycles. The van der Waals surface area contributed by atoms with E-state index in [4.69, 9.17) is 4.74 Å². The minimum Gasteiger partial charge on any atom is -0.497 e. The Hall–Kier alpha value is -3.25. The van der Waals surface area contributed by atoms with Gasteiger partial charge in [-0.25, -0.2) is 0 Å². The SMILES string of the molecule is CCNC(=O)C(Cc1ccccc1)N(Cc1cccc(OC)c1)C(=O)CSc1ccccc1. The molecule has 2 amide bonds. The first-order valence-corrected chi connectivity index (χ1v) is 12.0. The number of methoxy groups -OCH3 is 1. The van der Waals surface area contributed by atoms with Crippen LogP contribution in [-0.4, -0.2) is 42.2 Å². The zero-order valence-corrected chi connectivity index (χ0v) is 19.9. The molecule has 33 heavy (non-hydrogen) atoms. The van der Waals surface area contributed by atoms with Gasteiger partial charge in [0.1, 0.15) is 11.8 Å². The van der Waals surface area contributed by atoms with E-state index in [2.05, 4.69) is 5.32 Å². The lowest BCUT2D eigenvalue weighted by Gasteiger charge is -2.31. The maximum Gasteiger partial charge on any atom is 0.243 e. The van der Waals surface area contributed by atoms with Crippen LogP contribution in [0.25, 0.3) is 0 Å². The molecule has 6 heteroatoms. The van der Waals surface area contributed by atoms with Crippen molar-refractivity contribution in [3.63, 3.8) is 0 Å². The van der Waals surface area contributed by atoms with Gasteiger partial charge in [-0.05, 0) is 42.3 Å². The van der Waals surface area contributed by atoms with E-state index in [0.717, 1.165) is 21.8 Å². The molecule has 0 aliphatic heterocycles. The van der Waals surface area contributed by atoms with E-state index < -0.39 is 6.04 Å². The van der Waals surface area contributed by atoms with Crippen molar-refractivity contribution in [2.24, 2.45) is 0 Å². The van der Waals surface area contributed by atoms with Crippen LogP contribution in [0.15, 0.2) is 89.8 Å². The van der Waals surface area contributed by atoms with Gasteiger partial charge in [-0.3, -0.25) is 9.59 Å². The molecule has 172 valence electrons. The van der Waals surface area contributed by atoms with Crippen LogP contribution < -0.4 is 10.1 Å². The van der Waals surface area contributed by atoms with Crippen molar-refractivity contribution in [2.45, 2.75) is 30.8 Å². The monoisotopic (exact) mass is 462 g/mol. The number of hydrogen-bond donors (Lipinski definition) is 1. The third-order valence-electron chi connectivity index (χ3n) is 5.21. The fourth-order valence-electron chi connectivity index (χ4n) is 3.56. The summed E-state index contributed by atoms with van der Waals surface area (Å²) in [5.74, 6) is 0.732. The minimum atomic E-state index is -0.623. The highest BCUT2D eigenvalue weighted by molar-refractivity contribution is 8.00. The number of nitrogens with one attached hydrogen (secondary N) is 1. The predicted molar refractivity (Wildman–Crippen MR) is 133 cm³/mol. The molecule has 1 atom stereocenters. The standard InChI is InChI=1S/C27H30N2O3S/c1-3-28-27(31)25(18-21-11-6-4-7-12-21)29(19-22-13-10-14-23(17-22)32-2)26(30)20-33-24-15-8-5-9-16-24/h4-17,25H,3,18-20H2,1-2H3,(H,28,31). The third kappa shape index (κ3) is 7.39. The van der Waals surface area contributed by atoms with Crippen molar-refractivity contribution in [3.05, 3.63) is 96.1 Å². The Kier molecular flexibility index (Phi) is 9.39. The van der Waals surface area contributed by atoms with Gasteiger partial charge in [0.25, 0.3) is 0 Å². The zero-order valence-electron chi connectivity index (χ0n) is 19.1. The summed E-state index contributed by atoms with van der Waals surface area (Å²) in [4.78, 5) is 29.4. The van der Waals surface area contributed by atoms with Crippen LogP contribution in [0.4, 0.5) is 0 Å². The molecule has 3 aromatic rings. The summed E-state index contributed by atoms with van der Waals surface area (Å²) < 4.78 is 5.36. The Morgan fingerprint density at radius 1 is 0.939 bits per heavy atom. The van der Waals surface area contributed by atoms with Crippen molar-refractivity contribution in [1.82, 2.24) is 10.2 Å². The first-order valence-electron chi connectivity index (χ1n) is 11.0. The molecule has 3 aromatic carbocycles. The van der Waals surface area contributed by atoms with Crippen molar-refractivity contribution < 1.29 is 14.3 Å². The summed E-state index contributed by atoms with van der Waals surface area (Å²) in [5, 5.41) is 2.92. The van der Waals surface area contributed by atoms with Crippen molar-refractivity contribution in [1.29, 1.82) is 0 Å². The Morgan fingerprint density at radius 2 is 1.61 bits per heavy atom. The summed E-state index contributed by atoms with van der Waals surface area (Å²) >= 11 is 1.48. The molecule has 0 fully saturated rings. The highest BCUT2D eigenvalue weighted by Crippen LogP contribution is 2.22. The van der Waals surface area contributed by atoms with E-state index in [0.29, 0.717) is 19.5 Å². The van der Waals surface area contributed by atoms with Crippen LogP contribution in [0.2, 0.25) is 0 Å². The summed E-state index contributed by atoms with van der Waals surface area (Å²) in [6, 6.07) is 26.6. The van der Waals surface area contributed by atoms with Crippen molar-refractivity contribution >= 4 is 23.6 Å². The van der Waals surface area contributed by atoms with E-state index >= 15 is 0 Å². The van der Waals surface area contributed by atoms with E-state index in [1.807, 2.05) is 91.9 Å². The predicted octanol–water partition coefficient (Wildman–Crippen LogP) is 4.56. The molecule has 0 aromatic heterocycles. The molecule has 0 saturated carbocycles. The van der Waals surface area contributed by atoms with Crippen molar-refractivity contribution in [3.8, 4) is 5.75 Å². The van der Waals surface area contributed by atoms with Gasteiger partial charge in [0.2, 0.25) is 11.8 Å². The number of ether oxygens (including phenoxy) is 1. The molecule has 5 nitrogen and oxygen atoms in total. The second-order valence-electron chi connectivity index (χ2n) is 7.57. The molecule has 0 aliphatic carbocycles. The zero-order chi connectivity index (χ0) is 23.5. The first kappa shape index (κ1) is 24.4. The normalized spacial score (nSPS) is 11.5. The molecule has 0 spiro atoms. The number of carbonyl (C=O) groups is 2. The topological polar surface area (TPSA) is 58.6 Å². The highest BCUT2D eigenvalue weighted by atomic mass is 32.2. The minimum absolute atomic E-state index is 0.0844. The molecule has 0 radical (unpaired) electrons. The number of hydrogen-bond acceptors (Lipinski definition) is 4. The van der Waals surface area contributed by atoms with Gasteiger partial charge >= 0.3 is 0 Å². The average molecular weight is 463 g/mol. The molecular weight excluding hydrogens is 432 g/mol. The largest absolute Gasteiger partial charge is 0.497 e. The Bertz CT molecular complexity index is 1030. The van der Waals surface area contributed by atoms with Gasteiger partial charge in [0.05, 0.1) is 12.9 Å². The van der Waals surface area contributed by atoms with Crippen LogP contribution in [0.5, 0.6) is 5.75 Å². The van der Waals surface area contributed by atoms with Crippen LogP contribution in [0.3, 0.4) is 0 Å². The number of carbonyl (C=O) groups excluding carboxylic acids is 2. The summed E-state index contributed by atoms with van der Waals surface area (Å²) in [7, 11) is 1.62. The second kappa shape index (κ2) is 12.7. The van der Waals surface area contributed by atoms with Gasteiger partial charge < -0.3 is 15.0 Å². The summed E-state index contributed by atoms with van der Waals surface area (Å²) in [6.45, 7) is 2.71. The van der Waals surface area contributed by atoms with Gasteiger partial charge in [-0.15, -0.1) is 11.8 Å². The van der Waals surface area contributed by atoms with Gasteiger partial charge in [0.15, 0.2) is 0 Å². The summed E-state index contributed by atoms with van der Waals surface area (Å²) in [5.41, 5.74) is 1.92. The fraction of sp³-hybridized carbons (Fsp3) is 0.259. The fourth-order valence-corrected chi connectivity index (χ4v) is 4.36. The number of rotatable bonds is 11. The maximum absolute atomic E-state index is 13.5. The number of likely N-dealkylation sites (N-methyl/N-ethyl adjacent to an activating group) is 1. The van der Waals surface area contributed by atoms with E-state index in [9.17, 15) is 9.59 Å². The van der Waals surface area contributed by atoms with Crippen LogP contribution >= 0.6 is 11.8 Å². The first-order chi connectivity index (χ1) is 16.1. The molecule has 1 unspecified atom stereocenters. The number of nitrogens with zero attached hydrogens (tertiary/aromatic N) is 1. The lowest BCUT2D eigenvalue weighted by Crippen LogP contribution is -2.51. The molecule has 1 N–H and O–H groups in total. The van der Waals surface area contributed by atoms with Crippen LogP contribution in [0.1, 0.15) is 18.1 Å². The van der Waals surface area contributed by atoms with E-state index in [1.165, 1.54) is 11.8 Å². The molecule has 3 rings (SSSR count). The van der Waals surface area contributed by atoms with E-state index in [1.54, 1.807) is 12.0 Å². The number of benzene rings is 3. The quantitative estimate of drug-likeness (QED) is 0.424. The second-order valence-corrected chi connectivity index (χ2v) is 8.62. The molecule has 0 bridgehead atoms. The smallest absolute Gasteiger partial charge is 0.243 e. The van der Waals surface area contributed by atoms with Gasteiger partial charge in [0, 0.05) is 24.4 Å². The van der Waals surface area contributed by atoms with E-state index in [-0.39, 0.29) is 17.6 Å². The number of amides is 2. The highest BCUT2D eigenvalue weighted by Gasteiger charge is 2.30.